The number of carbonyl (C=O) groups excluding carboxylic acids is 3. The standard InChI is InChI=1S/C13H24N4O3/c1-8(2)5-10(13(20)16-7-11(14)18)17-12(19)9-3-4-15-6-9/h8-10,15H,3-7H2,1-2H3,(H2,14,18)(H,16,20)(H,17,19)/t9-,10+/m1/s1. The number of hydrogen-bond acceptors (Lipinski definition) is 4. The minimum atomic E-state index is -0.623. The first-order chi connectivity index (χ1) is 9.40. The van der Waals surface area contributed by atoms with Crippen molar-refractivity contribution in [3.8, 4) is 0 Å². The highest BCUT2D eigenvalue weighted by Gasteiger charge is 2.27. The van der Waals surface area contributed by atoms with E-state index in [2.05, 4.69) is 16.0 Å². The highest BCUT2D eigenvalue weighted by Crippen LogP contribution is 2.10. The van der Waals surface area contributed by atoms with Crippen LogP contribution < -0.4 is 21.7 Å². The van der Waals surface area contributed by atoms with Gasteiger partial charge in [0, 0.05) is 6.54 Å². The van der Waals surface area contributed by atoms with Gasteiger partial charge in [0.05, 0.1) is 12.5 Å². The van der Waals surface area contributed by atoms with E-state index in [1.165, 1.54) is 0 Å². The third kappa shape index (κ3) is 5.56. The molecule has 1 aliphatic rings. The van der Waals surface area contributed by atoms with E-state index in [4.69, 9.17) is 5.73 Å². The molecule has 5 N–H and O–H groups in total. The zero-order chi connectivity index (χ0) is 15.1. The Morgan fingerprint density at radius 3 is 2.55 bits per heavy atom. The molecule has 0 saturated carbocycles. The summed E-state index contributed by atoms with van der Waals surface area (Å²) in [5, 5.41) is 8.32. The molecule has 114 valence electrons. The third-order valence-corrected chi connectivity index (χ3v) is 3.21. The van der Waals surface area contributed by atoms with Gasteiger partial charge in [-0.25, -0.2) is 0 Å². The molecule has 1 rings (SSSR count). The number of nitrogens with two attached hydrogens (primary N) is 1. The summed E-state index contributed by atoms with van der Waals surface area (Å²) in [6, 6.07) is -0.623. The van der Waals surface area contributed by atoms with E-state index in [1.807, 2.05) is 13.8 Å². The lowest BCUT2D eigenvalue weighted by Crippen LogP contribution is -2.50. The largest absolute Gasteiger partial charge is 0.368 e. The number of primary amides is 1. The Kier molecular flexibility index (Phi) is 6.44. The molecule has 1 saturated heterocycles. The summed E-state index contributed by atoms with van der Waals surface area (Å²) in [5.74, 6) is -0.922. The predicted molar refractivity (Wildman–Crippen MR) is 74.6 cm³/mol. The van der Waals surface area contributed by atoms with Gasteiger partial charge in [0.25, 0.3) is 0 Å². The maximum absolute atomic E-state index is 12.1. The van der Waals surface area contributed by atoms with E-state index in [0.717, 1.165) is 13.0 Å². The molecule has 0 aromatic carbocycles. The Labute approximate surface area is 119 Å². The number of hydrogen-bond donors (Lipinski definition) is 4. The SMILES string of the molecule is CC(C)C[C@H](NC(=O)[C@@H]1CCNC1)C(=O)NCC(N)=O. The maximum atomic E-state index is 12.1. The van der Waals surface area contributed by atoms with Crippen molar-refractivity contribution in [2.45, 2.75) is 32.7 Å². The molecule has 1 heterocycles. The predicted octanol–water partition coefficient (Wildman–Crippen LogP) is -1.27. The highest BCUT2D eigenvalue weighted by atomic mass is 16.2. The average Bonchev–Trinajstić information content (AvgIpc) is 2.88. The molecule has 7 heteroatoms. The molecule has 1 aliphatic heterocycles. The van der Waals surface area contributed by atoms with E-state index in [9.17, 15) is 14.4 Å². The highest BCUT2D eigenvalue weighted by molar-refractivity contribution is 5.90. The number of carbonyl (C=O) groups is 3. The topological polar surface area (TPSA) is 113 Å². The molecule has 0 spiro atoms. The monoisotopic (exact) mass is 284 g/mol. The van der Waals surface area contributed by atoms with Crippen LogP contribution in [0.25, 0.3) is 0 Å². The van der Waals surface area contributed by atoms with Gasteiger partial charge in [-0.15, -0.1) is 0 Å². The normalized spacial score (nSPS) is 19.6. The average molecular weight is 284 g/mol. The van der Waals surface area contributed by atoms with Crippen molar-refractivity contribution in [3.63, 3.8) is 0 Å². The Bertz CT molecular complexity index is 365. The summed E-state index contributed by atoms with van der Waals surface area (Å²) in [6.45, 7) is 5.19. The van der Waals surface area contributed by atoms with Crippen LogP contribution >= 0.6 is 0 Å². The zero-order valence-electron chi connectivity index (χ0n) is 12.1. The maximum Gasteiger partial charge on any atom is 0.243 e. The molecule has 3 amide bonds. The minimum Gasteiger partial charge on any atom is -0.368 e. The van der Waals surface area contributed by atoms with Gasteiger partial charge >= 0.3 is 0 Å². The summed E-state index contributed by atoms with van der Waals surface area (Å²) in [4.78, 5) is 34.7. The molecule has 2 atom stereocenters. The molecule has 20 heavy (non-hydrogen) atoms. The third-order valence-electron chi connectivity index (χ3n) is 3.21. The summed E-state index contributed by atoms with van der Waals surface area (Å²) in [5.41, 5.74) is 4.99. The Morgan fingerprint density at radius 1 is 1.35 bits per heavy atom. The Balaban J connectivity index is 2.55. The van der Waals surface area contributed by atoms with Crippen LogP contribution in [0.3, 0.4) is 0 Å². The number of rotatable bonds is 7. The molecule has 0 aromatic heterocycles. The van der Waals surface area contributed by atoms with Crippen LogP contribution in [-0.2, 0) is 14.4 Å². The summed E-state index contributed by atoms with van der Waals surface area (Å²) in [7, 11) is 0. The first kappa shape index (κ1) is 16.4. The first-order valence-electron chi connectivity index (χ1n) is 6.97. The smallest absolute Gasteiger partial charge is 0.243 e. The van der Waals surface area contributed by atoms with Crippen molar-refractivity contribution in [1.29, 1.82) is 0 Å². The number of nitrogens with one attached hydrogen (secondary N) is 3. The van der Waals surface area contributed by atoms with Crippen LogP contribution in [0, 0.1) is 11.8 Å². The van der Waals surface area contributed by atoms with Crippen LogP contribution in [-0.4, -0.2) is 43.4 Å². The van der Waals surface area contributed by atoms with Gasteiger partial charge in [0.15, 0.2) is 0 Å². The minimum absolute atomic E-state index is 0.0893. The van der Waals surface area contributed by atoms with Crippen LogP contribution in [0.5, 0.6) is 0 Å². The molecule has 0 aliphatic carbocycles. The van der Waals surface area contributed by atoms with Crippen molar-refractivity contribution < 1.29 is 14.4 Å². The number of amides is 3. The van der Waals surface area contributed by atoms with Gasteiger partial charge < -0.3 is 21.7 Å². The van der Waals surface area contributed by atoms with Crippen LogP contribution in [0.15, 0.2) is 0 Å². The van der Waals surface area contributed by atoms with Gasteiger partial charge in [-0.2, -0.15) is 0 Å². The lowest BCUT2D eigenvalue weighted by Gasteiger charge is -2.21. The lowest BCUT2D eigenvalue weighted by molar-refractivity contribution is -0.131. The second-order valence-electron chi connectivity index (χ2n) is 5.56. The molecule has 1 fully saturated rings. The Morgan fingerprint density at radius 2 is 2.05 bits per heavy atom. The second-order valence-corrected chi connectivity index (χ2v) is 5.56. The van der Waals surface area contributed by atoms with E-state index in [0.29, 0.717) is 13.0 Å². The zero-order valence-corrected chi connectivity index (χ0v) is 12.1. The van der Waals surface area contributed by atoms with Crippen molar-refractivity contribution in [1.82, 2.24) is 16.0 Å². The first-order valence-corrected chi connectivity index (χ1v) is 6.97. The quantitative estimate of drug-likeness (QED) is 0.467. The van der Waals surface area contributed by atoms with Crippen LogP contribution in [0.1, 0.15) is 26.7 Å². The molecular weight excluding hydrogens is 260 g/mol. The van der Waals surface area contributed by atoms with Gasteiger partial charge in [-0.3, -0.25) is 14.4 Å². The van der Waals surface area contributed by atoms with Crippen LogP contribution in [0.2, 0.25) is 0 Å². The fourth-order valence-electron chi connectivity index (χ4n) is 2.17. The summed E-state index contributed by atoms with van der Waals surface area (Å²) < 4.78 is 0. The van der Waals surface area contributed by atoms with Gasteiger partial charge in [-0.05, 0) is 25.3 Å². The molecule has 0 radical (unpaired) electrons. The van der Waals surface area contributed by atoms with Gasteiger partial charge in [0.1, 0.15) is 6.04 Å². The lowest BCUT2D eigenvalue weighted by atomic mass is 10.0. The fourth-order valence-corrected chi connectivity index (χ4v) is 2.17. The molecule has 0 unspecified atom stereocenters. The Hall–Kier alpha value is -1.63. The van der Waals surface area contributed by atoms with Crippen molar-refractivity contribution in [2.75, 3.05) is 19.6 Å². The van der Waals surface area contributed by atoms with Gasteiger partial charge in [-0.1, -0.05) is 13.8 Å². The van der Waals surface area contributed by atoms with Crippen LogP contribution in [0.4, 0.5) is 0 Å². The summed E-state index contributed by atoms with van der Waals surface area (Å²) in [6.07, 6.45) is 1.31. The van der Waals surface area contributed by atoms with E-state index in [-0.39, 0.29) is 30.2 Å². The molecular formula is C13H24N4O3. The van der Waals surface area contributed by atoms with Crippen molar-refractivity contribution in [3.05, 3.63) is 0 Å². The molecule has 0 bridgehead atoms. The van der Waals surface area contributed by atoms with Gasteiger partial charge in [0.2, 0.25) is 17.7 Å². The second kappa shape index (κ2) is 7.84. The van der Waals surface area contributed by atoms with E-state index >= 15 is 0 Å². The van der Waals surface area contributed by atoms with E-state index in [1.54, 1.807) is 0 Å². The fraction of sp³-hybridized carbons (Fsp3) is 0.769. The van der Waals surface area contributed by atoms with Crippen molar-refractivity contribution in [2.24, 2.45) is 17.6 Å². The van der Waals surface area contributed by atoms with Crippen molar-refractivity contribution >= 4 is 17.7 Å². The molecule has 7 nitrogen and oxygen atoms in total. The van der Waals surface area contributed by atoms with E-state index < -0.39 is 11.9 Å². The summed E-state index contributed by atoms with van der Waals surface area (Å²) >= 11 is 0. The molecule has 0 aromatic rings.